The summed E-state index contributed by atoms with van der Waals surface area (Å²) < 4.78 is 9.75. The van der Waals surface area contributed by atoms with E-state index >= 15 is 0 Å². The Hall–Kier alpha value is -4.91. The summed E-state index contributed by atoms with van der Waals surface area (Å²) in [4.78, 5) is 37.5. The average Bonchev–Trinajstić information content (AvgIpc) is 2.91. The highest BCUT2D eigenvalue weighted by molar-refractivity contribution is 6.05. The highest BCUT2D eigenvalue weighted by Crippen LogP contribution is 2.27. The molecule has 0 heterocycles. The lowest BCUT2D eigenvalue weighted by molar-refractivity contribution is -0.116. The number of nitrogens with one attached hydrogen (secondary N) is 2. The molecule has 0 atom stereocenters. The van der Waals surface area contributed by atoms with Gasteiger partial charge in [-0.15, -0.1) is 0 Å². The van der Waals surface area contributed by atoms with Crippen molar-refractivity contribution >= 4 is 29.3 Å². The molecule has 0 radical (unpaired) electrons. The van der Waals surface area contributed by atoms with Crippen LogP contribution in [0.25, 0.3) is 0 Å². The first kappa shape index (κ1) is 25.2. The highest BCUT2D eigenvalue weighted by Gasteiger charge is 2.22. The molecule has 2 N–H and O–H groups in total. The molecule has 0 aliphatic rings. The Kier molecular flexibility index (Phi) is 8.29. The van der Waals surface area contributed by atoms with Crippen molar-refractivity contribution in [1.82, 2.24) is 0 Å². The normalized spacial score (nSPS) is 10.4. The summed E-state index contributed by atoms with van der Waals surface area (Å²) in [7, 11) is 0. The van der Waals surface area contributed by atoms with E-state index in [4.69, 9.17) is 9.47 Å². The van der Waals surface area contributed by atoms with Gasteiger partial charge in [-0.25, -0.2) is 4.79 Å². The van der Waals surface area contributed by atoms with Gasteiger partial charge >= 0.3 is 6.16 Å². The molecule has 0 bridgehead atoms. The maximum atomic E-state index is 13.4. The topological polar surface area (TPSA) is 93.7 Å². The minimum Gasteiger partial charge on any atom is -0.434 e. The molecule has 0 fully saturated rings. The van der Waals surface area contributed by atoms with E-state index in [0.717, 1.165) is 11.1 Å². The zero-order chi connectivity index (χ0) is 26.0. The van der Waals surface area contributed by atoms with Crippen LogP contribution in [0, 0.1) is 0 Å². The second-order valence-corrected chi connectivity index (χ2v) is 8.09. The van der Waals surface area contributed by atoms with Gasteiger partial charge in [-0.05, 0) is 60.5 Å². The first-order valence-corrected chi connectivity index (χ1v) is 11.8. The number of hydrogen-bond donors (Lipinski definition) is 2. The van der Waals surface area contributed by atoms with Gasteiger partial charge in [-0.2, -0.15) is 0 Å². The van der Waals surface area contributed by atoms with Gasteiger partial charge in [0.15, 0.2) is 0 Å². The quantitative estimate of drug-likeness (QED) is 0.223. The van der Waals surface area contributed by atoms with Crippen molar-refractivity contribution in [2.75, 3.05) is 17.2 Å². The van der Waals surface area contributed by atoms with Gasteiger partial charge < -0.3 is 20.1 Å². The number of carbonyl (C=O) groups is 3. The van der Waals surface area contributed by atoms with Gasteiger partial charge in [0.1, 0.15) is 5.75 Å². The third-order valence-electron chi connectivity index (χ3n) is 5.50. The molecular formula is C30H26N2O5. The number of amides is 2. The molecule has 0 spiro atoms. The largest absolute Gasteiger partial charge is 0.513 e. The second-order valence-electron chi connectivity index (χ2n) is 8.09. The van der Waals surface area contributed by atoms with E-state index in [1.807, 2.05) is 60.7 Å². The predicted molar refractivity (Wildman–Crippen MR) is 142 cm³/mol. The Morgan fingerprint density at radius 1 is 0.703 bits per heavy atom. The number of carbonyl (C=O) groups excluding carboxylic acids is 3. The summed E-state index contributed by atoms with van der Waals surface area (Å²) in [5.74, 6) is -0.752. The van der Waals surface area contributed by atoms with E-state index in [1.165, 1.54) is 12.1 Å². The van der Waals surface area contributed by atoms with Crippen molar-refractivity contribution in [3.05, 3.63) is 126 Å². The fraction of sp³-hybridized carbons (Fsp3) is 0.100. The van der Waals surface area contributed by atoms with E-state index in [2.05, 4.69) is 10.6 Å². The Morgan fingerprint density at radius 3 is 1.84 bits per heavy atom. The van der Waals surface area contributed by atoms with Gasteiger partial charge in [-0.1, -0.05) is 66.7 Å². The van der Waals surface area contributed by atoms with Crippen LogP contribution >= 0.6 is 0 Å². The first-order valence-electron chi connectivity index (χ1n) is 11.8. The molecule has 0 saturated carbocycles. The Labute approximate surface area is 215 Å². The summed E-state index contributed by atoms with van der Waals surface area (Å²) in [5, 5.41) is 5.80. The number of benzene rings is 4. The minimum atomic E-state index is -0.805. The molecule has 0 unspecified atom stereocenters. The van der Waals surface area contributed by atoms with Crippen LogP contribution in [0.3, 0.4) is 0 Å². The van der Waals surface area contributed by atoms with Gasteiger partial charge in [0, 0.05) is 16.9 Å². The average molecular weight is 495 g/mol. The predicted octanol–water partition coefficient (Wildman–Crippen LogP) is 6.24. The number of anilines is 2. The van der Waals surface area contributed by atoms with Crippen LogP contribution in [0.5, 0.6) is 5.75 Å². The van der Waals surface area contributed by atoms with Gasteiger partial charge in [0.05, 0.1) is 12.5 Å². The zero-order valence-corrected chi connectivity index (χ0v) is 20.2. The Morgan fingerprint density at radius 2 is 1.27 bits per heavy atom. The van der Waals surface area contributed by atoms with Crippen molar-refractivity contribution < 1.29 is 23.9 Å². The lowest BCUT2D eigenvalue weighted by Gasteiger charge is -2.18. The molecule has 4 aromatic rings. The molecule has 7 heteroatoms. The molecule has 37 heavy (non-hydrogen) atoms. The van der Waals surface area contributed by atoms with Crippen LogP contribution in [0.2, 0.25) is 0 Å². The van der Waals surface area contributed by atoms with E-state index in [0.29, 0.717) is 16.9 Å². The summed E-state index contributed by atoms with van der Waals surface area (Å²) >= 11 is 0. The van der Waals surface area contributed by atoms with Gasteiger partial charge in [-0.3, -0.25) is 9.59 Å². The van der Waals surface area contributed by atoms with Crippen molar-refractivity contribution in [1.29, 1.82) is 0 Å². The van der Waals surface area contributed by atoms with Crippen LogP contribution < -0.4 is 15.4 Å². The number of rotatable bonds is 8. The maximum absolute atomic E-state index is 13.4. The van der Waals surface area contributed by atoms with Crippen LogP contribution in [-0.4, -0.2) is 24.6 Å². The monoisotopic (exact) mass is 494 g/mol. The zero-order valence-electron chi connectivity index (χ0n) is 20.2. The Balaban J connectivity index is 1.45. The van der Waals surface area contributed by atoms with Crippen LogP contribution in [0.15, 0.2) is 109 Å². The molecule has 0 aliphatic heterocycles. The number of hydrogen-bond acceptors (Lipinski definition) is 5. The van der Waals surface area contributed by atoms with Crippen molar-refractivity contribution in [2.24, 2.45) is 0 Å². The lowest BCUT2D eigenvalue weighted by Crippen LogP contribution is -2.22. The molecule has 0 saturated heterocycles. The Bertz CT molecular complexity index is 1320. The molecule has 2 amide bonds. The number of ether oxygens (including phenoxy) is 2. The third-order valence-corrected chi connectivity index (χ3v) is 5.50. The molecular weight excluding hydrogens is 468 g/mol. The molecule has 186 valence electrons. The van der Waals surface area contributed by atoms with Crippen molar-refractivity contribution in [3.8, 4) is 5.75 Å². The minimum absolute atomic E-state index is 0.182. The fourth-order valence-corrected chi connectivity index (χ4v) is 3.80. The summed E-state index contributed by atoms with van der Waals surface area (Å²) in [6.07, 6.45) is -0.805. The van der Waals surface area contributed by atoms with Gasteiger partial charge in [0.2, 0.25) is 5.91 Å². The summed E-state index contributed by atoms with van der Waals surface area (Å²) in [6, 6.07) is 32.2. The van der Waals surface area contributed by atoms with E-state index < -0.39 is 12.1 Å². The van der Waals surface area contributed by atoms with Crippen LogP contribution in [0.4, 0.5) is 16.2 Å². The van der Waals surface area contributed by atoms with Crippen molar-refractivity contribution in [2.45, 2.75) is 12.8 Å². The van der Waals surface area contributed by atoms with E-state index in [1.54, 1.807) is 43.3 Å². The van der Waals surface area contributed by atoms with E-state index in [-0.39, 0.29) is 24.2 Å². The standard InChI is InChI=1S/C30H26N2O5/c1-2-36-30(35)37-26-18-16-23(17-19-26)28(33)31-24-14-9-15-25(20-24)32-29(34)27(21-10-5-3-6-11-21)22-12-7-4-8-13-22/h3-20,27H,2H2,1H3,(H,31,33)(H,32,34). The summed E-state index contributed by atoms with van der Waals surface area (Å²) in [5.41, 5.74) is 3.21. The smallest absolute Gasteiger partial charge is 0.434 e. The van der Waals surface area contributed by atoms with Crippen LogP contribution in [0.1, 0.15) is 34.3 Å². The molecule has 4 rings (SSSR count). The van der Waals surface area contributed by atoms with Gasteiger partial charge in [0.25, 0.3) is 5.91 Å². The van der Waals surface area contributed by atoms with E-state index in [9.17, 15) is 14.4 Å². The van der Waals surface area contributed by atoms with Crippen molar-refractivity contribution in [3.63, 3.8) is 0 Å². The molecule has 4 aromatic carbocycles. The van der Waals surface area contributed by atoms with Crippen LogP contribution in [-0.2, 0) is 9.53 Å². The highest BCUT2D eigenvalue weighted by atomic mass is 16.7. The third kappa shape index (κ3) is 6.82. The molecule has 0 aromatic heterocycles. The second kappa shape index (κ2) is 12.2. The molecule has 7 nitrogen and oxygen atoms in total. The lowest BCUT2D eigenvalue weighted by atomic mass is 9.90. The maximum Gasteiger partial charge on any atom is 0.513 e. The fourth-order valence-electron chi connectivity index (χ4n) is 3.80. The first-order chi connectivity index (χ1) is 18.0. The summed E-state index contributed by atoms with van der Waals surface area (Å²) in [6.45, 7) is 1.89. The molecule has 0 aliphatic carbocycles. The SMILES string of the molecule is CCOC(=O)Oc1ccc(C(=O)Nc2cccc(NC(=O)C(c3ccccc3)c3ccccc3)c2)cc1.